The summed E-state index contributed by atoms with van der Waals surface area (Å²) >= 11 is 0. The Morgan fingerprint density at radius 3 is 3.00 bits per heavy atom. The fraction of sp³-hybridized carbons (Fsp3) is 0.364. The van der Waals surface area contributed by atoms with Crippen molar-refractivity contribution in [3.05, 3.63) is 35.1 Å². The maximum absolute atomic E-state index is 13.0. The van der Waals surface area contributed by atoms with E-state index >= 15 is 0 Å². The molecule has 0 bridgehead atoms. The summed E-state index contributed by atoms with van der Waals surface area (Å²) in [7, 11) is 0. The summed E-state index contributed by atoms with van der Waals surface area (Å²) in [5.41, 5.74) is 1.37. The summed E-state index contributed by atoms with van der Waals surface area (Å²) in [6.07, 6.45) is 2.07. The van der Waals surface area contributed by atoms with E-state index in [2.05, 4.69) is 11.4 Å². The maximum Gasteiger partial charge on any atom is 0.123 e. The van der Waals surface area contributed by atoms with Crippen LogP contribution >= 0.6 is 0 Å². The molecule has 0 saturated carbocycles. The Bertz CT molecular complexity index is 375. The number of nitrogens with zero attached hydrogens (tertiary/aromatic N) is 1. The van der Waals surface area contributed by atoms with Crippen LogP contribution in [0.1, 0.15) is 30.0 Å². The second kappa shape index (κ2) is 3.77. The Labute approximate surface area is 82.4 Å². The lowest BCUT2D eigenvalue weighted by Crippen LogP contribution is -2.14. The lowest BCUT2D eigenvalue weighted by atomic mass is 10.00. The fourth-order valence-corrected chi connectivity index (χ4v) is 1.87. The van der Waals surface area contributed by atoms with E-state index in [1.807, 2.05) is 0 Å². The van der Waals surface area contributed by atoms with E-state index in [1.165, 1.54) is 12.1 Å². The number of benzene rings is 1. The summed E-state index contributed by atoms with van der Waals surface area (Å²) in [6.45, 7) is 0.950. The molecule has 1 aromatic carbocycles. The molecule has 2 nitrogen and oxygen atoms in total. The summed E-state index contributed by atoms with van der Waals surface area (Å²) in [4.78, 5) is 0. The molecule has 1 heterocycles. The SMILES string of the molecule is N#Cc1ccc(F)cc1C1CCCN1. The molecule has 1 unspecified atom stereocenters. The average molecular weight is 190 g/mol. The van der Waals surface area contributed by atoms with Gasteiger partial charge < -0.3 is 5.32 Å². The van der Waals surface area contributed by atoms with E-state index in [1.54, 1.807) is 6.07 Å². The van der Waals surface area contributed by atoms with Gasteiger partial charge in [-0.3, -0.25) is 0 Å². The van der Waals surface area contributed by atoms with Crippen LogP contribution in [0.3, 0.4) is 0 Å². The quantitative estimate of drug-likeness (QED) is 0.736. The van der Waals surface area contributed by atoms with Crippen molar-refractivity contribution in [2.45, 2.75) is 18.9 Å². The lowest BCUT2D eigenvalue weighted by Gasteiger charge is -2.11. The van der Waals surface area contributed by atoms with Crippen LogP contribution in [-0.4, -0.2) is 6.54 Å². The van der Waals surface area contributed by atoms with E-state index in [9.17, 15) is 4.39 Å². The standard InChI is InChI=1S/C11H11FN2/c12-9-4-3-8(7-13)10(6-9)11-2-1-5-14-11/h3-4,6,11,14H,1-2,5H2. The second-order valence-electron chi connectivity index (χ2n) is 3.49. The van der Waals surface area contributed by atoms with Crippen LogP contribution in [0.5, 0.6) is 0 Å². The normalized spacial score (nSPS) is 20.7. The lowest BCUT2D eigenvalue weighted by molar-refractivity contribution is 0.605. The van der Waals surface area contributed by atoms with Crippen molar-refractivity contribution in [1.29, 1.82) is 5.26 Å². The highest BCUT2D eigenvalue weighted by Gasteiger charge is 2.19. The zero-order valence-electron chi connectivity index (χ0n) is 7.76. The van der Waals surface area contributed by atoms with Gasteiger partial charge in [0.2, 0.25) is 0 Å². The van der Waals surface area contributed by atoms with Gasteiger partial charge in [-0.05, 0) is 43.1 Å². The first-order chi connectivity index (χ1) is 6.81. The van der Waals surface area contributed by atoms with Crippen LogP contribution in [0.25, 0.3) is 0 Å². The fourth-order valence-electron chi connectivity index (χ4n) is 1.87. The number of hydrogen-bond donors (Lipinski definition) is 1. The summed E-state index contributed by atoms with van der Waals surface area (Å²) in [6, 6.07) is 6.58. The van der Waals surface area contributed by atoms with Crippen LogP contribution < -0.4 is 5.32 Å². The van der Waals surface area contributed by atoms with Gasteiger partial charge in [-0.1, -0.05) is 0 Å². The molecule has 72 valence electrons. The van der Waals surface area contributed by atoms with Crippen LogP contribution in [-0.2, 0) is 0 Å². The molecule has 1 atom stereocenters. The Balaban J connectivity index is 2.39. The first kappa shape index (κ1) is 9.17. The molecule has 0 spiro atoms. The second-order valence-corrected chi connectivity index (χ2v) is 3.49. The Morgan fingerprint density at radius 1 is 1.50 bits per heavy atom. The third-order valence-electron chi connectivity index (χ3n) is 2.57. The number of hydrogen-bond acceptors (Lipinski definition) is 2. The van der Waals surface area contributed by atoms with E-state index in [0.717, 1.165) is 24.9 Å². The van der Waals surface area contributed by atoms with Crippen molar-refractivity contribution >= 4 is 0 Å². The van der Waals surface area contributed by atoms with Crippen LogP contribution in [0.4, 0.5) is 4.39 Å². The van der Waals surface area contributed by atoms with Crippen LogP contribution in [0.2, 0.25) is 0 Å². The number of nitrogens with one attached hydrogen (secondary N) is 1. The van der Waals surface area contributed by atoms with Crippen LogP contribution in [0, 0.1) is 17.1 Å². The zero-order chi connectivity index (χ0) is 9.97. The van der Waals surface area contributed by atoms with Crippen LogP contribution in [0.15, 0.2) is 18.2 Å². The van der Waals surface area contributed by atoms with E-state index in [-0.39, 0.29) is 11.9 Å². The molecule has 1 aromatic rings. The van der Waals surface area contributed by atoms with E-state index in [0.29, 0.717) is 5.56 Å². The molecule has 1 saturated heterocycles. The molecule has 0 radical (unpaired) electrons. The molecule has 0 aromatic heterocycles. The van der Waals surface area contributed by atoms with E-state index in [4.69, 9.17) is 5.26 Å². The Hall–Kier alpha value is -1.40. The van der Waals surface area contributed by atoms with Gasteiger partial charge in [0.15, 0.2) is 0 Å². The van der Waals surface area contributed by atoms with Gasteiger partial charge in [0.25, 0.3) is 0 Å². The molecular weight excluding hydrogens is 179 g/mol. The smallest absolute Gasteiger partial charge is 0.123 e. The van der Waals surface area contributed by atoms with Gasteiger partial charge >= 0.3 is 0 Å². The van der Waals surface area contributed by atoms with Crippen molar-refractivity contribution in [1.82, 2.24) is 5.32 Å². The van der Waals surface area contributed by atoms with Crippen molar-refractivity contribution in [2.24, 2.45) is 0 Å². The molecule has 0 amide bonds. The number of nitriles is 1. The highest BCUT2D eigenvalue weighted by molar-refractivity contribution is 5.40. The summed E-state index contributed by atoms with van der Waals surface area (Å²) < 4.78 is 13.0. The molecule has 0 aliphatic carbocycles. The molecule has 1 aliphatic rings. The van der Waals surface area contributed by atoms with Crippen molar-refractivity contribution in [3.8, 4) is 6.07 Å². The predicted molar refractivity (Wildman–Crippen MR) is 51.1 cm³/mol. The Kier molecular flexibility index (Phi) is 2.47. The molecule has 1 fully saturated rings. The largest absolute Gasteiger partial charge is 0.310 e. The van der Waals surface area contributed by atoms with Gasteiger partial charge in [-0.2, -0.15) is 5.26 Å². The Morgan fingerprint density at radius 2 is 2.36 bits per heavy atom. The highest BCUT2D eigenvalue weighted by Crippen LogP contribution is 2.26. The highest BCUT2D eigenvalue weighted by atomic mass is 19.1. The number of halogens is 1. The molecule has 1 N–H and O–H groups in total. The minimum Gasteiger partial charge on any atom is -0.310 e. The third-order valence-corrected chi connectivity index (χ3v) is 2.57. The minimum absolute atomic E-state index is 0.153. The van der Waals surface area contributed by atoms with Crippen molar-refractivity contribution in [2.75, 3.05) is 6.54 Å². The first-order valence-electron chi connectivity index (χ1n) is 4.74. The molecule has 2 rings (SSSR count). The molecular formula is C11H11FN2. The molecule has 3 heteroatoms. The zero-order valence-corrected chi connectivity index (χ0v) is 7.76. The van der Waals surface area contributed by atoms with Crippen molar-refractivity contribution in [3.63, 3.8) is 0 Å². The minimum atomic E-state index is -0.271. The van der Waals surface area contributed by atoms with Gasteiger partial charge in [0.05, 0.1) is 11.6 Å². The third kappa shape index (κ3) is 1.61. The van der Waals surface area contributed by atoms with Gasteiger partial charge in [-0.25, -0.2) is 4.39 Å². The van der Waals surface area contributed by atoms with Gasteiger partial charge in [0.1, 0.15) is 5.82 Å². The topological polar surface area (TPSA) is 35.8 Å². The molecule has 1 aliphatic heterocycles. The van der Waals surface area contributed by atoms with E-state index < -0.39 is 0 Å². The summed E-state index contributed by atoms with van der Waals surface area (Å²) in [5.74, 6) is -0.271. The average Bonchev–Trinajstić information content (AvgIpc) is 2.70. The van der Waals surface area contributed by atoms with Gasteiger partial charge in [0, 0.05) is 6.04 Å². The monoisotopic (exact) mass is 190 g/mol. The maximum atomic E-state index is 13.0. The van der Waals surface area contributed by atoms with Crippen molar-refractivity contribution < 1.29 is 4.39 Å². The predicted octanol–water partition coefficient (Wildman–Crippen LogP) is 2.12. The van der Waals surface area contributed by atoms with Gasteiger partial charge in [-0.15, -0.1) is 0 Å². The summed E-state index contributed by atoms with van der Waals surface area (Å²) in [5, 5.41) is 12.1. The molecule has 14 heavy (non-hydrogen) atoms. The number of rotatable bonds is 1. The first-order valence-corrected chi connectivity index (χ1v) is 4.74.